The van der Waals surface area contributed by atoms with Gasteiger partial charge < -0.3 is 9.84 Å². The molecule has 2 unspecified atom stereocenters. The second-order valence-corrected chi connectivity index (χ2v) is 5.02. The van der Waals surface area contributed by atoms with E-state index in [1.54, 1.807) is 19.2 Å². The van der Waals surface area contributed by atoms with E-state index in [4.69, 9.17) is 4.74 Å². The molecular formula is C13H19FO2. The molecule has 0 spiro atoms. The first-order chi connectivity index (χ1) is 7.36. The molecule has 1 N–H and O–H groups in total. The minimum atomic E-state index is -0.745. The van der Waals surface area contributed by atoms with Gasteiger partial charge in [0, 0.05) is 7.11 Å². The van der Waals surface area contributed by atoms with E-state index in [1.165, 1.54) is 12.1 Å². The lowest BCUT2D eigenvalue weighted by Crippen LogP contribution is -2.34. The molecule has 0 bridgehead atoms. The fourth-order valence-electron chi connectivity index (χ4n) is 1.79. The molecule has 0 aliphatic carbocycles. The lowest BCUT2D eigenvalue weighted by Gasteiger charge is -2.33. The quantitative estimate of drug-likeness (QED) is 0.858. The number of hydrogen-bond donors (Lipinski definition) is 1. The van der Waals surface area contributed by atoms with Crippen LogP contribution >= 0.6 is 0 Å². The third-order valence-electron chi connectivity index (χ3n) is 2.61. The van der Waals surface area contributed by atoms with Crippen molar-refractivity contribution in [2.75, 3.05) is 7.11 Å². The Morgan fingerprint density at radius 3 is 2.06 bits per heavy atom. The smallest absolute Gasteiger partial charge is 0.123 e. The van der Waals surface area contributed by atoms with Gasteiger partial charge in [0.05, 0.1) is 6.10 Å². The van der Waals surface area contributed by atoms with Crippen molar-refractivity contribution >= 4 is 0 Å². The summed E-state index contributed by atoms with van der Waals surface area (Å²) >= 11 is 0. The molecule has 1 rings (SSSR count). The van der Waals surface area contributed by atoms with Crippen LogP contribution in [-0.2, 0) is 4.74 Å². The molecule has 0 aliphatic heterocycles. The molecule has 0 radical (unpaired) electrons. The average Bonchev–Trinajstić information content (AvgIpc) is 2.17. The molecule has 0 saturated heterocycles. The molecular weight excluding hydrogens is 207 g/mol. The monoisotopic (exact) mass is 226 g/mol. The number of halogens is 1. The van der Waals surface area contributed by atoms with Crippen molar-refractivity contribution in [2.45, 2.75) is 33.0 Å². The predicted molar refractivity (Wildman–Crippen MR) is 61.6 cm³/mol. The number of rotatable bonds is 3. The molecule has 0 aliphatic rings. The van der Waals surface area contributed by atoms with Crippen molar-refractivity contribution in [3.05, 3.63) is 35.6 Å². The molecule has 0 saturated carbocycles. The summed E-state index contributed by atoms with van der Waals surface area (Å²) in [7, 11) is 1.57. The largest absolute Gasteiger partial charge is 0.386 e. The van der Waals surface area contributed by atoms with Gasteiger partial charge in [0.2, 0.25) is 0 Å². The fraction of sp³-hybridized carbons (Fsp3) is 0.538. The summed E-state index contributed by atoms with van der Waals surface area (Å²) in [5.41, 5.74) is 0.492. The van der Waals surface area contributed by atoms with Crippen molar-refractivity contribution in [2.24, 2.45) is 5.41 Å². The lowest BCUT2D eigenvalue weighted by molar-refractivity contribution is -0.0724. The molecule has 2 atom stereocenters. The van der Waals surface area contributed by atoms with E-state index in [0.717, 1.165) is 0 Å². The van der Waals surface area contributed by atoms with E-state index in [2.05, 4.69) is 0 Å². The normalized spacial score (nSPS) is 15.9. The highest BCUT2D eigenvalue weighted by Crippen LogP contribution is 2.32. The predicted octanol–water partition coefficient (Wildman–Crippen LogP) is 2.92. The molecule has 90 valence electrons. The number of hydrogen-bond acceptors (Lipinski definition) is 2. The van der Waals surface area contributed by atoms with Crippen molar-refractivity contribution in [3.8, 4) is 0 Å². The lowest BCUT2D eigenvalue weighted by atomic mass is 9.83. The van der Waals surface area contributed by atoms with Crippen LogP contribution in [0.4, 0.5) is 4.39 Å². The van der Waals surface area contributed by atoms with Crippen LogP contribution in [0.2, 0.25) is 0 Å². The minimum absolute atomic E-state index is 0.178. The summed E-state index contributed by atoms with van der Waals surface area (Å²) in [4.78, 5) is 0. The van der Waals surface area contributed by atoms with Crippen LogP contribution in [0, 0.1) is 11.2 Å². The zero-order valence-corrected chi connectivity index (χ0v) is 10.2. The summed E-state index contributed by atoms with van der Waals surface area (Å²) in [6.07, 6.45) is -1.07. The van der Waals surface area contributed by atoms with Crippen molar-refractivity contribution in [1.82, 2.24) is 0 Å². The maximum atomic E-state index is 12.8. The molecule has 0 heterocycles. The molecule has 0 aromatic heterocycles. The number of aliphatic hydroxyl groups is 1. The van der Waals surface area contributed by atoms with Crippen LogP contribution in [0.25, 0.3) is 0 Å². The van der Waals surface area contributed by atoms with E-state index in [1.807, 2.05) is 20.8 Å². The van der Waals surface area contributed by atoms with E-state index in [-0.39, 0.29) is 17.3 Å². The van der Waals surface area contributed by atoms with Gasteiger partial charge in [-0.3, -0.25) is 0 Å². The zero-order valence-electron chi connectivity index (χ0n) is 10.2. The van der Waals surface area contributed by atoms with Gasteiger partial charge in [-0.2, -0.15) is 0 Å². The van der Waals surface area contributed by atoms with Crippen LogP contribution in [0.5, 0.6) is 0 Å². The van der Waals surface area contributed by atoms with Gasteiger partial charge in [0.25, 0.3) is 0 Å². The van der Waals surface area contributed by atoms with Gasteiger partial charge in [0.15, 0.2) is 0 Å². The first kappa shape index (κ1) is 13.1. The molecule has 0 amide bonds. The second kappa shape index (κ2) is 4.93. The van der Waals surface area contributed by atoms with Gasteiger partial charge in [-0.1, -0.05) is 32.9 Å². The summed E-state index contributed by atoms with van der Waals surface area (Å²) in [6, 6.07) is 5.84. The maximum Gasteiger partial charge on any atom is 0.123 e. The summed E-state index contributed by atoms with van der Waals surface area (Å²) in [6.45, 7) is 5.98. The zero-order chi connectivity index (χ0) is 12.3. The topological polar surface area (TPSA) is 29.5 Å². The Hall–Kier alpha value is -0.930. The van der Waals surface area contributed by atoms with Crippen molar-refractivity contribution in [1.29, 1.82) is 0 Å². The fourth-order valence-corrected chi connectivity index (χ4v) is 1.79. The molecule has 16 heavy (non-hydrogen) atoms. The second-order valence-electron chi connectivity index (χ2n) is 5.02. The highest BCUT2D eigenvalue weighted by Gasteiger charge is 2.32. The van der Waals surface area contributed by atoms with E-state index >= 15 is 0 Å². The third-order valence-corrected chi connectivity index (χ3v) is 2.61. The Labute approximate surface area is 96.1 Å². The highest BCUT2D eigenvalue weighted by atomic mass is 19.1. The molecule has 2 nitrogen and oxygen atoms in total. The summed E-state index contributed by atoms with van der Waals surface area (Å²) in [5.74, 6) is -0.305. The molecule has 0 fully saturated rings. The van der Waals surface area contributed by atoms with Gasteiger partial charge in [0.1, 0.15) is 11.9 Å². The first-order valence-corrected chi connectivity index (χ1v) is 5.32. The molecule has 1 aromatic rings. The first-order valence-electron chi connectivity index (χ1n) is 5.32. The van der Waals surface area contributed by atoms with Gasteiger partial charge >= 0.3 is 0 Å². The maximum absolute atomic E-state index is 12.8. The SMILES string of the molecule is COC(C(O)c1ccc(F)cc1)C(C)(C)C. The van der Waals surface area contributed by atoms with E-state index in [9.17, 15) is 9.50 Å². The van der Waals surface area contributed by atoms with Gasteiger partial charge in [-0.05, 0) is 23.1 Å². The summed E-state index contributed by atoms with van der Waals surface area (Å²) < 4.78 is 18.1. The number of benzene rings is 1. The van der Waals surface area contributed by atoms with Crippen LogP contribution in [0.1, 0.15) is 32.4 Å². The van der Waals surface area contributed by atoms with Crippen LogP contribution < -0.4 is 0 Å². The third kappa shape index (κ3) is 3.03. The standard InChI is InChI=1S/C13H19FO2/c1-13(2,3)12(16-4)11(15)9-5-7-10(14)8-6-9/h5-8,11-12,15H,1-4H3. The number of ether oxygens (including phenoxy) is 1. The Morgan fingerprint density at radius 2 is 1.69 bits per heavy atom. The molecule has 3 heteroatoms. The van der Waals surface area contributed by atoms with Crippen LogP contribution in [0.15, 0.2) is 24.3 Å². The molecule has 1 aromatic carbocycles. The van der Waals surface area contributed by atoms with Crippen molar-refractivity contribution < 1.29 is 14.2 Å². The number of aliphatic hydroxyl groups excluding tert-OH is 1. The Kier molecular flexibility index (Phi) is 4.05. The Balaban J connectivity index is 2.91. The summed E-state index contributed by atoms with van der Waals surface area (Å²) in [5, 5.41) is 10.2. The van der Waals surface area contributed by atoms with Gasteiger partial charge in [-0.25, -0.2) is 4.39 Å². The van der Waals surface area contributed by atoms with Crippen LogP contribution in [0.3, 0.4) is 0 Å². The minimum Gasteiger partial charge on any atom is -0.386 e. The highest BCUT2D eigenvalue weighted by molar-refractivity contribution is 5.20. The Morgan fingerprint density at radius 1 is 1.19 bits per heavy atom. The van der Waals surface area contributed by atoms with E-state index in [0.29, 0.717) is 5.56 Å². The number of methoxy groups -OCH3 is 1. The van der Waals surface area contributed by atoms with E-state index < -0.39 is 6.10 Å². The van der Waals surface area contributed by atoms with Gasteiger partial charge in [-0.15, -0.1) is 0 Å². The van der Waals surface area contributed by atoms with Crippen molar-refractivity contribution in [3.63, 3.8) is 0 Å². The Bertz CT molecular complexity index is 327. The van der Waals surface area contributed by atoms with Crippen LogP contribution in [-0.4, -0.2) is 18.3 Å². The average molecular weight is 226 g/mol.